The van der Waals surface area contributed by atoms with Crippen molar-refractivity contribution < 1.29 is 9.84 Å². The van der Waals surface area contributed by atoms with Gasteiger partial charge < -0.3 is 20.5 Å². The number of hydrogen-bond acceptors (Lipinski definition) is 5. The summed E-state index contributed by atoms with van der Waals surface area (Å²) in [6.07, 6.45) is 1.88. The predicted octanol–water partition coefficient (Wildman–Crippen LogP) is 0.541. The van der Waals surface area contributed by atoms with Crippen molar-refractivity contribution in [3.8, 4) is 0 Å². The first kappa shape index (κ1) is 21.1. The highest BCUT2D eigenvalue weighted by Crippen LogP contribution is 2.13. The van der Waals surface area contributed by atoms with E-state index in [0.717, 1.165) is 43.5 Å². The van der Waals surface area contributed by atoms with E-state index >= 15 is 0 Å². The van der Waals surface area contributed by atoms with Crippen LogP contribution in [0, 0.1) is 5.92 Å². The summed E-state index contributed by atoms with van der Waals surface area (Å²) in [7, 11) is 1.65. The van der Waals surface area contributed by atoms with Gasteiger partial charge in [0.25, 0.3) is 0 Å². The average Bonchev–Trinajstić information content (AvgIpc) is 2.94. The zero-order valence-corrected chi connectivity index (χ0v) is 17.0. The van der Waals surface area contributed by atoms with Crippen molar-refractivity contribution in [1.29, 1.82) is 0 Å². The number of aliphatic hydroxyl groups excluding tert-OH is 1. The van der Waals surface area contributed by atoms with Crippen LogP contribution in [0.1, 0.15) is 31.9 Å². The molecule has 8 nitrogen and oxygen atoms in total. The number of aryl methyl sites for hydroxylation is 1. The molecule has 2 unspecified atom stereocenters. The van der Waals surface area contributed by atoms with Gasteiger partial charge in [0, 0.05) is 39.3 Å². The normalized spacial score (nSPS) is 18.5. The smallest absolute Gasteiger partial charge is 0.191 e. The van der Waals surface area contributed by atoms with E-state index in [9.17, 15) is 0 Å². The largest absolute Gasteiger partial charge is 0.396 e. The summed E-state index contributed by atoms with van der Waals surface area (Å²) >= 11 is 0. The van der Waals surface area contributed by atoms with Crippen LogP contribution in [0.25, 0.3) is 0 Å². The van der Waals surface area contributed by atoms with Gasteiger partial charge in [-0.15, -0.1) is 24.0 Å². The van der Waals surface area contributed by atoms with Crippen molar-refractivity contribution in [2.45, 2.75) is 45.9 Å². The Kier molecular flexibility index (Phi) is 9.52. The first-order valence-electron chi connectivity index (χ1n) is 8.23. The number of halogens is 1. The zero-order valence-electron chi connectivity index (χ0n) is 14.7. The van der Waals surface area contributed by atoms with Crippen molar-refractivity contribution in [3.05, 3.63) is 11.6 Å². The Labute approximate surface area is 160 Å². The van der Waals surface area contributed by atoms with Crippen LogP contribution in [0.3, 0.4) is 0 Å². The first-order chi connectivity index (χ1) is 11.2. The van der Waals surface area contributed by atoms with E-state index in [2.05, 4.69) is 25.7 Å². The third-order valence-corrected chi connectivity index (χ3v) is 3.73. The lowest BCUT2D eigenvalue weighted by atomic mass is 10.1. The van der Waals surface area contributed by atoms with Gasteiger partial charge in [0.15, 0.2) is 11.8 Å². The third-order valence-electron chi connectivity index (χ3n) is 3.73. The Morgan fingerprint density at radius 1 is 1.54 bits per heavy atom. The van der Waals surface area contributed by atoms with Gasteiger partial charge in [-0.1, -0.05) is 6.92 Å². The van der Waals surface area contributed by atoms with Gasteiger partial charge in [0.05, 0.1) is 6.54 Å². The monoisotopic (exact) mass is 452 g/mol. The molecule has 24 heavy (non-hydrogen) atoms. The van der Waals surface area contributed by atoms with Crippen molar-refractivity contribution in [3.63, 3.8) is 0 Å². The second kappa shape index (κ2) is 10.8. The molecular weight excluding hydrogens is 423 g/mol. The van der Waals surface area contributed by atoms with E-state index in [1.807, 2.05) is 18.5 Å². The molecule has 0 fully saturated rings. The van der Waals surface area contributed by atoms with Gasteiger partial charge in [-0.2, -0.15) is 5.10 Å². The van der Waals surface area contributed by atoms with E-state index in [1.54, 1.807) is 7.11 Å². The lowest BCUT2D eigenvalue weighted by Gasteiger charge is -2.25. The van der Waals surface area contributed by atoms with Crippen molar-refractivity contribution in [1.82, 2.24) is 25.4 Å². The molecule has 1 aromatic heterocycles. The van der Waals surface area contributed by atoms with Crippen LogP contribution < -0.4 is 10.6 Å². The molecule has 0 amide bonds. The van der Waals surface area contributed by atoms with Crippen LogP contribution >= 0.6 is 24.0 Å². The quantitative estimate of drug-likeness (QED) is 0.318. The number of nitrogens with zero attached hydrogens (tertiary/aromatic N) is 4. The highest BCUT2D eigenvalue weighted by molar-refractivity contribution is 14.0. The summed E-state index contributed by atoms with van der Waals surface area (Å²) in [5, 5.41) is 20.3. The summed E-state index contributed by atoms with van der Waals surface area (Å²) in [6.45, 7) is 6.79. The number of hydrogen-bond donors (Lipinski definition) is 3. The molecule has 3 N–H and O–H groups in total. The van der Waals surface area contributed by atoms with E-state index in [4.69, 9.17) is 9.84 Å². The molecule has 138 valence electrons. The lowest BCUT2D eigenvalue weighted by molar-refractivity contribution is 0.177. The molecule has 0 bridgehead atoms. The number of nitrogens with one attached hydrogen (secondary N) is 2. The minimum Gasteiger partial charge on any atom is -0.396 e. The molecule has 0 radical (unpaired) electrons. The maximum absolute atomic E-state index is 9.12. The molecule has 0 aromatic carbocycles. The minimum absolute atomic E-state index is 0. The first-order valence-corrected chi connectivity index (χ1v) is 8.23. The molecule has 0 saturated heterocycles. The fraction of sp³-hybridized carbons (Fsp3) is 0.800. The number of aromatic nitrogens is 3. The van der Waals surface area contributed by atoms with Crippen LogP contribution in [-0.4, -0.2) is 58.7 Å². The average molecular weight is 452 g/mol. The van der Waals surface area contributed by atoms with Crippen molar-refractivity contribution in [2.75, 3.05) is 26.8 Å². The maximum Gasteiger partial charge on any atom is 0.191 e. The molecule has 2 heterocycles. The minimum atomic E-state index is 0. The van der Waals surface area contributed by atoms with Crippen LogP contribution in [0.5, 0.6) is 0 Å². The van der Waals surface area contributed by atoms with Crippen LogP contribution in [0.15, 0.2) is 4.99 Å². The van der Waals surface area contributed by atoms with Gasteiger partial charge in [0.1, 0.15) is 12.4 Å². The highest BCUT2D eigenvalue weighted by atomic mass is 127. The molecule has 1 aliphatic rings. The number of fused-ring (bicyclic) bond motifs is 1. The summed E-state index contributed by atoms with van der Waals surface area (Å²) in [5.74, 6) is 2.71. The Hall–Kier alpha value is -0.940. The summed E-state index contributed by atoms with van der Waals surface area (Å²) < 4.78 is 7.04. The molecule has 1 aromatic rings. The van der Waals surface area contributed by atoms with E-state index in [0.29, 0.717) is 13.2 Å². The van der Waals surface area contributed by atoms with E-state index in [-0.39, 0.29) is 42.5 Å². The molecule has 0 aliphatic carbocycles. The fourth-order valence-corrected chi connectivity index (χ4v) is 2.49. The molecular formula is C15H29IN6O2. The fourth-order valence-electron chi connectivity index (χ4n) is 2.49. The zero-order chi connectivity index (χ0) is 16.7. The topological polar surface area (TPSA) is 96.6 Å². The second-order valence-electron chi connectivity index (χ2n) is 5.95. The summed E-state index contributed by atoms with van der Waals surface area (Å²) in [4.78, 5) is 9.02. The molecule has 0 spiro atoms. The molecule has 9 heteroatoms. The number of guanidine groups is 1. The SMILES string of the molecule is CCNC(=NCC(C)CO)NC1CCc2nc(COC)nn2C1.I. The standard InChI is InChI=1S/C15H28N6O2.HI/c1-4-16-15(17-7-11(2)9-22)18-12-5-6-14-19-13(10-23-3)20-21(14)8-12;/h11-12,22H,4-10H2,1-3H3,(H2,16,17,18);1H. The Bertz CT molecular complexity index is 522. The Morgan fingerprint density at radius 3 is 3.00 bits per heavy atom. The van der Waals surface area contributed by atoms with Crippen LogP contribution in [0.4, 0.5) is 0 Å². The van der Waals surface area contributed by atoms with Crippen LogP contribution in [0.2, 0.25) is 0 Å². The third kappa shape index (κ3) is 6.17. The van der Waals surface area contributed by atoms with Gasteiger partial charge >= 0.3 is 0 Å². The molecule has 2 rings (SSSR count). The number of rotatable bonds is 7. The van der Waals surface area contributed by atoms with E-state index in [1.165, 1.54) is 0 Å². The number of ether oxygens (including phenoxy) is 1. The summed E-state index contributed by atoms with van der Waals surface area (Å²) in [6, 6.07) is 0.266. The second-order valence-corrected chi connectivity index (χ2v) is 5.95. The van der Waals surface area contributed by atoms with Crippen LogP contribution in [-0.2, 0) is 24.3 Å². The van der Waals surface area contributed by atoms with E-state index < -0.39 is 0 Å². The maximum atomic E-state index is 9.12. The Balaban J connectivity index is 0.00000288. The van der Waals surface area contributed by atoms with Gasteiger partial charge in [-0.05, 0) is 19.3 Å². The number of aliphatic hydroxyl groups is 1. The van der Waals surface area contributed by atoms with Gasteiger partial charge in [-0.3, -0.25) is 4.99 Å². The predicted molar refractivity (Wildman–Crippen MR) is 104 cm³/mol. The number of aliphatic imine (C=N–C) groups is 1. The Morgan fingerprint density at radius 2 is 2.33 bits per heavy atom. The molecule has 0 saturated carbocycles. The summed E-state index contributed by atoms with van der Waals surface area (Å²) in [5.41, 5.74) is 0. The highest BCUT2D eigenvalue weighted by Gasteiger charge is 2.22. The molecule has 2 atom stereocenters. The lowest BCUT2D eigenvalue weighted by Crippen LogP contribution is -2.47. The van der Waals surface area contributed by atoms with Crippen molar-refractivity contribution >= 4 is 29.9 Å². The number of methoxy groups -OCH3 is 1. The molecule has 1 aliphatic heterocycles. The van der Waals surface area contributed by atoms with Gasteiger partial charge in [0.2, 0.25) is 0 Å². The van der Waals surface area contributed by atoms with Crippen molar-refractivity contribution in [2.24, 2.45) is 10.9 Å². The van der Waals surface area contributed by atoms with Gasteiger partial charge in [-0.25, -0.2) is 9.67 Å².